The van der Waals surface area contributed by atoms with Gasteiger partial charge in [-0.05, 0) is 0 Å². The molecule has 0 aromatic heterocycles. The molecule has 2 aliphatic carbocycles. The monoisotopic (exact) mass is 526 g/mol. The molecule has 1 N–H and O–H groups in total. The number of hydrogen-bond donors (Lipinski definition) is 1. The molecule has 0 fully saturated rings. The summed E-state index contributed by atoms with van der Waals surface area (Å²) in [5, 5.41) is 9.88. The molecule has 0 heterocycles. The van der Waals surface area contributed by atoms with Crippen LogP contribution in [0.4, 0.5) is 0 Å². The van der Waals surface area contributed by atoms with Crippen LogP contribution in [0.5, 0.6) is 0 Å². The molecule has 0 saturated heterocycles. The van der Waals surface area contributed by atoms with Crippen molar-refractivity contribution < 1.29 is 21.0 Å². The molecule has 0 amide bonds. The van der Waals surface area contributed by atoms with Gasteiger partial charge in [0.05, 0.1) is 0 Å². The van der Waals surface area contributed by atoms with Crippen LogP contribution in [0.15, 0.2) is 78.4 Å². The average Bonchev–Trinajstić information content (AvgIpc) is 3.30. The van der Waals surface area contributed by atoms with E-state index in [0.717, 1.165) is 3.21 Å². The molecule has 5 rings (SSSR count). The van der Waals surface area contributed by atoms with Crippen LogP contribution in [0.1, 0.15) is 49.8 Å². The van der Waals surface area contributed by atoms with Crippen molar-refractivity contribution in [3.05, 3.63) is 101 Å². The molecule has 2 aliphatic rings. The van der Waals surface area contributed by atoms with Crippen molar-refractivity contribution in [3.8, 4) is 11.1 Å². The minimum atomic E-state index is -4.85. The number of aliphatic hydroxyl groups excluding tert-OH is 1. The molecule has 1 atom stereocenters. The first kappa shape index (κ1) is 21.5. The molecule has 3 aromatic carbocycles. The predicted octanol–water partition coefficient (Wildman–Crippen LogP) is 7.49. The molecule has 31 heavy (non-hydrogen) atoms. The third kappa shape index (κ3) is 2.99. The fourth-order valence-electron chi connectivity index (χ4n) is 5.83. The number of hydrogen-bond acceptors (Lipinski definition) is 1. The van der Waals surface area contributed by atoms with Gasteiger partial charge in [-0.25, -0.2) is 0 Å². The van der Waals surface area contributed by atoms with E-state index in [0.29, 0.717) is 6.42 Å². The summed E-state index contributed by atoms with van der Waals surface area (Å²) in [7, 11) is 16.1. The third-order valence-corrected chi connectivity index (χ3v) is 30.0. The number of benzene rings is 3. The van der Waals surface area contributed by atoms with Crippen LogP contribution in [-0.2, 0) is 15.9 Å². The molecule has 0 spiro atoms. The van der Waals surface area contributed by atoms with Crippen molar-refractivity contribution >= 4 is 26.3 Å². The Labute approximate surface area is 192 Å². The molecule has 1 unspecified atom stereocenters. The van der Waals surface area contributed by atoms with E-state index in [1.165, 1.54) is 39.0 Å². The van der Waals surface area contributed by atoms with E-state index in [4.69, 9.17) is 17.0 Å². The molecule has 4 heteroatoms. The summed E-state index contributed by atoms with van der Waals surface area (Å²) in [6.07, 6.45) is 2.80. The predicted molar refractivity (Wildman–Crippen MR) is 131 cm³/mol. The second-order valence-electron chi connectivity index (χ2n) is 9.01. The quantitative estimate of drug-likeness (QED) is 0.372. The van der Waals surface area contributed by atoms with Gasteiger partial charge in [0, 0.05) is 0 Å². The van der Waals surface area contributed by atoms with Crippen molar-refractivity contribution in [3.63, 3.8) is 0 Å². The van der Waals surface area contributed by atoms with E-state index >= 15 is 0 Å². The summed E-state index contributed by atoms with van der Waals surface area (Å²) in [5.74, 6) is 0. The molecule has 0 radical (unpaired) electrons. The van der Waals surface area contributed by atoms with Crippen molar-refractivity contribution in [1.29, 1.82) is 0 Å². The SMILES string of the molecule is C[C](C)=[Zr]([Cl])([Cl])([CH]1C(CCO)=Cc2ccccc21)[CH]1c2ccccc2-c2ccccc21. The summed E-state index contributed by atoms with van der Waals surface area (Å²) in [6.45, 7) is 4.36. The first-order chi connectivity index (χ1) is 14.9. The van der Waals surface area contributed by atoms with Crippen molar-refractivity contribution in [2.75, 3.05) is 6.61 Å². The summed E-state index contributed by atoms with van der Waals surface area (Å²) in [5.41, 5.74) is 8.53. The van der Waals surface area contributed by atoms with Gasteiger partial charge in [0.2, 0.25) is 0 Å². The summed E-state index contributed by atoms with van der Waals surface area (Å²) in [6, 6.07) is 25.6. The van der Waals surface area contributed by atoms with Gasteiger partial charge in [-0.3, -0.25) is 0 Å². The topological polar surface area (TPSA) is 20.2 Å². The first-order valence-corrected chi connectivity index (χ1v) is 21.2. The molecular weight excluding hydrogens is 502 g/mol. The standard InChI is InChI=1S/C13H9.C11H11O.C3H6.2ClH.Zr/c1-3-7-12-10(5-1)9-11-6-2-4-8-13(11)12;12-6-5-9-7-10-3-1-2-4-11(10)8-9;1-3-2;;;/h1-9H;1-4,7-8,12H,5-6H2;1-2H3;2*1H;/q;;;;;+2/p-2. The number of rotatable bonds is 4. The van der Waals surface area contributed by atoms with Gasteiger partial charge >= 0.3 is 193 Å². The van der Waals surface area contributed by atoms with Crippen molar-refractivity contribution in [2.45, 2.75) is 27.5 Å². The molecular formula is C27H26Cl2OZr. The van der Waals surface area contributed by atoms with Crippen LogP contribution in [0, 0.1) is 0 Å². The van der Waals surface area contributed by atoms with Crippen LogP contribution in [-0.4, -0.2) is 14.9 Å². The van der Waals surface area contributed by atoms with Gasteiger partial charge in [-0.15, -0.1) is 0 Å². The van der Waals surface area contributed by atoms with Crippen molar-refractivity contribution in [1.82, 2.24) is 0 Å². The summed E-state index contributed by atoms with van der Waals surface area (Å²) >= 11 is -4.85. The Kier molecular flexibility index (Phi) is 5.30. The average molecular weight is 529 g/mol. The Morgan fingerprint density at radius 2 is 1.29 bits per heavy atom. The van der Waals surface area contributed by atoms with E-state index in [2.05, 4.69) is 92.7 Å². The molecule has 3 aromatic rings. The maximum atomic E-state index is 9.88. The van der Waals surface area contributed by atoms with E-state index < -0.39 is 15.9 Å². The van der Waals surface area contributed by atoms with Crippen LogP contribution < -0.4 is 0 Å². The van der Waals surface area contributed by atoms with Gasteiger partial charge in [-0.1, -0.05) is 0 Å². The number of aliphatic hydroxyl groups is 1. The molecule has 1 nitrogen and oxygen atoms in total. The van der Waals surface area contributed by atoms with Gasteiger partial charge < -0.3 is 0 Å². The second kappa shape index (κ2) is 7.63. The molecule has 0 aliphatic heterocycles. The Bertz CT molecular complexity index is 1250. The molecule has 158 valence electrons. The number of fused-ring (bicyclic) bond motifs is 4. The van der Waals surface area contributed by atoms with Crippen LogP contribution in [0.25, 0.3) is 17.2 Å². The van der Waals surface area contributed by atoms with Gasteiger partial charge in [0.1, 0.15) is 0 Å². The minimum absolute atomic E-state index is 0.0274. The van der Waals surface area contributed by atoms with E-state index in [9.17, 15) is 5.11 Å². The normalized spacial score (nSPS) is 17.7. The zero-order valence-electron chi connectivity index (χ0n) is 17.8. The fraction of sp³-hybridized carbons (Fsp3) is 0.222. The number of halogens is 2. The van der Waals surface area contributed by atoms with Crippen LogP contribution >= 0.6 is 17.0 Å². The van der Waals surface area contributed by atoms with E-state index in [1.54, 1.807) is 0 Å². The van der Waals surface area contributed by atoms with Gasteiger partial charge in [0.15, 0.2) is 0 Å². The third-order valence-electron chi connectivity index (χ3n) is 7.27. The Morgan fingerprint density at radius 3 is 1.84 bits per heavy atom. The molecule has 0 saturated carbocycles. The Hall–Kier alpha value is -1.31. The summed E-state index contributed by atoms with van der Waals surface area (Å²) in [4.78, 5) is 0. The fourth-order valence-corrected chi connectivity index (χ4v) is 23.6. The Morgan fingerprint density at radius 1 is 0.774 bits per heavy atom. The van der Waals surface area contributed by atoms with Gasteiger partial charge in [-0.2, -0.15) is 0 Å². The summed E-state index contributed by atoms with van der Waals surface area (Å²) < 4.78 is 1.08. The van der Waals surface area contributed by atoms with Crippen LogP contribution in [0.3, 0.4) is 0 Å². The second-order valence-corrected chi connectivity index (χ2v) is 30.8. The van der Waals surface area contributed by atoms with Crippen LogP contribution in [0.2, 0.25) is 0 Å². The first-order valence-electron chi connectivity index (χ1n) is 10.8. The van der Waals surface area contributed by atoms with E-state index in [1.807, 2.05) is 0 Å². The van der Waals surface area contributed by atoms with Crippen molar-refractivity contribution in [2.24, 2.45) is 0 Å². The van der Waals surface area contributed by atoms with E-state index in [-0.39, 0.29) is 13.9 Å². The maximum absolute atomic E-state index is 9.88. The zero-order valence-corrected chi connectivity index (χ0v) is 21.7. The Balaban J connectivity index is 1.87. The van der Waals surface area contributed by atoms with Gasteiger partial charge in [0.25, 0.3) is 0 Å². The zero-order chi connectivity index (χ0) is 21.8. The molecule has 0 bridgehead atoms.